The number of nitrogens with one attached hydrogen (secondary N) is 1. The second kappa shape index (κ2) is 8.05. The van der Waals surface area contributed by atoms with E-state index < -0.39 is 23.4 Å². The van der Waals surface area contributed by atoms with Gasteiger partial charge in [0.15, 0.2) is 11.6 Å². The minimum Gasteiger partial charge on any atom is -0.350 e. The van der Waals surface area contributed by atoms with E-state index in [1.165, 1.54) is 18.2 Å². The lowest BCUT2D eigenvalue weighted by Gasteiger charge is -2.40. The summed E-state index contributed by atoms with van der Waals surface area (Å²) in [5, 5.41) is 2.56. The van der Waals surface area contributed by atoms with Crippen LogP contribution in [0.3, 0.4) is 0 Å². The molecule has 1 aliphatic heterocycles. The van der Waals surface area contributed by atoms with E-state index >= 15 is 0 Å². The summed E-state index contributed by atoms with van der Waals surface area (Å²) in [7, 11) is 3.91. The number of carbonyl (C=O) groups is 1. The zero-order valence-corrected chi connectivity index (χ0v) is 17.1. The van der Waals surface area contributed by atoms with Crippen LogP contribution in [0.1, 0.15) is 10.4 Å². The van der Waals surface area contributed by atoms with Gasteiger partial charge in [-0.3, -0.25) is 4.79 Å². The summed E-state index contributed by atoms with van der Waals surface area (Å²) in [6.45, 7) is 1.95. The molecule has 0 bridgehead atoms. The number of hydrogen-bond acceptors (Lipinski definition) is 3. The van der Waals surface area contributed by atoms with E-state index in [9.17, 15) is 18.0 Å². The minimum absolute atomic E-state index is 0.0184. The molecule has 1 saturated heterocycles. The largest absolute Gasteiger partial charge is 0.350 e. The van der Waals surface area contributed by atoms with Crippen molar-refractivity contribution in [3.8, 4) is 0 Å². The van der Waals surface area contributed by atoms with Crippen LogP contribution in [0.25, 0.3) is 0 Å². The van der Waals surface area contributed by atoms with Crippen LogP contribution < -0.4 is 5.32 Å². The van der Waals surface area contributed by atoms with Gasteiger partial charge in [-0.2, -0.15) is 0 Å². The SMILES string of the molecule is CN(C)CC1CN(C(=O)c2ccc(F)c(F)c2Nc2ccc(I)cc2F)C1. The number of carbonyl (C=O) groups excluding carboxylic acids is 1. The van der Waals surface area contributed by atoms with Gasteiger partial charge in [0.05, 0.1) is 16.9 Å². The van der Waals surface area contributed by atoms with Crippen LogP contribution in [0, 0.1) is 26.9 Å². The first kappa shape index (κ1) is 19.9. The lowest BCUT2D eigenvalue weighted by atomic mass is 9.98. The first-order valence-electron chi connectivity index (χ1n) is 8.40. The monoisotopic (exact) mass is 489 g/mol. The fourth-order valence-corrected chi connectivity index (χ4v) is 3.57. The number of halogens is 4. The molecule has 0 unspecified atom stereocenters. The Morgan fingerprint density at radius 2 is 1.89 bits per heavy atom. The standard InChI is InChI=1S/C19H19F3IN3O/c1-25(2)8-11-9-26(10-11)19(27)13-4-5-14(20)17(22)18(13)24-16-6-3-12(23)7-15(16)21/h3-7,11,24H,8-10H2,1-2H3. The highest BCUT2D eigenvalue weighted by Crippen LogP contribution is 2.31. The topological polar surface area (TPSA) is 35.6 Å². The molecule has 4 nitrogen and oxygen atoms in total. The summed E-state index contributed by atoms with van der Waals surface area (Å²) in [5.74, 6) is -2.98. The van der Waals surface area contributed by atoms with E-state index in [1.54, 1.807) is 11.0 Å². The highest BCUT2D eigenvalue weighted by atomic mass is 127. The normalized spacial score (nSPS) is 14.4. The van der Waals surface area contributed by atoms with Crippen LogP contribution in [0.4, 0.5) is 24.5 Å². The predicted molar refractivity (Wildman–Crippen MR) is 107 cm³/mol. The van der Waals surface area contributed by atoms with Crippen molar-refractivity contribution in [2.45, 2.75) is 0 Å². The second-order valence-corrected chi connectivity index (χ2v) is 8.12. The van der Waals surface area contributed by atoms with E-state index in [-0.39, 0.29) is 16.9 Å². The molecule has 1 amide bonds. The molecule has 1 fully saturated rings. The van der Waals surface area contributed by atoms with Crippen molar-refractivity contribution >= 4 is 39.9 Å². The molecule has 0 aliphatic carbocycles. The molecule has 1 heterocycles. The van der Waals surface area contributed by atoms with Gasteiger partial charge in [-0.1, -0.05) is 0 Å². The molecular weight excluding hydrogens is 470 g/mol. The summed E-state index contributed by atoms with van der Waals surface area (Å²) in [5.41, 5.74) is -0.394. The van der Waals surface area contributed by atoms with Crippen molar-refractivity contribution in [1.29, 1.82) is 0 Å². The third-order valence-electron chi connectivity index (χ3n) is 4.38. The molecule has 1 aliphatic rings. The fourth-order valence-electron chi connectivity index (χ4n) is 3.11. The fraction of sp³-hybridized carbons (Fsp3) is 0.316. The Kier molecular flexibility index (Phi) is 5.95. The summed E-state index contributed by atoms with van der Waals surface area (Å²) < 4.78 is 43.0. The van der Waals surface area contributed by atoms with Gasteiger partial charge in [0, 0.05) is 29.1 Å². The number of anilines is 2. The molecule has 2 aromatic rings. The zero-order valence-electron chi connectivity index (χ0n) is 14.9. The summed E-state index contributed by atoms with van der Waals surface area (Å²) in [4.78, 5) is 16.4. The van der Waals surface area contributed by atoms with Crippen LogP contribution in [-0.4, -0.2) is 49.4 Å². The molecule has 0 saturated carbocycles. The summed E-state index contributed by atoms with van der Waals surface area (Å²) >= 11 is 1.95. The average molecular weight is 489 g/mol. The van der Waals surface area contributed by atoms with E-state index in [1.807, 2.05) is 41.6 Å². The Morgan fingerprint density at radius 1 is 1.19 bits per heavy atom. The first-order chi connectivity index (χ1) is 12.8. The quantitative estimate of drug-likeness (QED) is 0.644. The third kappa shape index (κ3) is 4.37. The number of likely N-dealkylation sites (tertiary alicyclic amines) is 1. The number of benzene rings is 2. The van der Waals surface area contributed by atoms with Crippen LogP contribution in [0.15, 0.2) is 30.3 Å². The van der Waals surface area contributed by atoms with Gasteiger partial charge in [0.1, 0.15) is 5.82 Å². The number of rotatable bonds is 5. The maximum Gasteiger partial charge on any atom is 0.256 e. The first-order valence-corrected chi connectivity index (χ1v) is 9.48. The maximum absolute atomic E-state index is 14.4. The number of nitrogens with zero attached hydrogens (tertiary/aromatic N) is 2. The lowest BCUT2D eigenvalue weighted by molar-refractivity contribution is 0.0451. The van der Waals surface area contributed by atoms with Gasteiger partial charge in [0.25, 0.3) is 5.91 Å². The second-order valence-electron chi connectivity index (χ2n) is 6.87. The molecule has 2 aromatic carbocycles. The molecule has 0 spiro atoms. The molecule has 8 heteroatoms. The smallest absolute Gasteiger partial charge is 0.256 e. The van der Waals surface area contributed by atoms with Gasteiger partial charge in [-0.05, 0) is 67.0 Å². The van der Waals surface area contributed by atoms with Gasteiger partial charge in [-0.15, -0.1) is 0 Å². The molecule has 0 aromatic heterocycles. The van der Waals surface area contributed by atoms with Crippen molar-refractivity contribution in [3.05, 3.63) is 56.9 Å². The molecule has 0 radical (unpaired) electrons. The van der Waals surface area contributed by atoms with Crippen LogP contribution in [-0.2, 0) is 0 Å². The van der Waals surface area contributed by atoms with E-state index in [2.05, 4.69) is 5.32 Å². The minimum atomic E-state index is -1.20. The summed E-state index contributed by atoms with van der Waals surface area (Å²) in [6.07, 6.45) is 0. The number of hydrogen-bond donors (Lipinski definition) is 1. The lowest BCUT2D eigenvalue weighted by Crippen LogP contribution is -2.53. The Morgan fingerprint density at radius 3 is 2.52 bits per heavy atom. The molecular formula is C19H19F3IN3O. The Labute approximate surface area is 169 Å². The van der Waals surface area contributed by atoms with Crippen molar-refractivity contribution < 1.29 is 18.0 Å². The molecule has 3 rings (SSSR count). The van der Waals surface area contributed by atoms with Gasteiger partial charge in [0.2, 0.25) is 0 Å². The molecule has 0 atom stereocenters. The molecule has 144 valence electrons. The summed E-state index contributed by atoms with van der Waals surface area (Å²) in [6, 6.07) is 6.46. The van der Waals surface area contributed by atoms with Crippen LogP contribution in [0.5, 0.6) is 0 Å². The zero-order chi connectivity index (χ0) is 19.7. The van der Waals surface area contributed by atoms with E-state index in [4.69, 9.17) is 0 Å². The van der Waals surface area contributed by atoms with Crippen LogP contribution in [0.2, 0.25) is 0 Å². The number of amides is 1. The van der Waals surface area contributed by atoms with E-state index in [0.717, 1.165) is 12.6 Å². The Hall–Kier alpha value is -1.81. The van der Waals surface area contributed by atoms with Gasteiger partial charge < -0.3 is 15.1 Å². The van der Waals surface area contributed by atoms with Crippen molar-refractivity contribution in [1.82, 2.24) is 9.80 Å². The van der Waals surface area contributed by atoms with Gasteiger partial charge in [-0.25, -0.2) is 13.2 Å². The van der Waals surface area contributed by atoms with Gasteiger partial charge >= 0.3 is 0 Å². The predicted octanol–water partition coefficient (Wildman–Crippen LogP) is 4.09. The highest BCUT2D eigenvalue weighted by molar-refractivity contribution is 14.1. The van der Waals surface area contributed by atoms with E-state index in [0.29, 0.717) is 22.6 Å². The van der Waals surface area contributed by atoms with Crippen molar-refractivity contribution in [3.63, 3.8) is 0 Å². The molecule has 1 N–H and O–H groups in total. The molecule has 27 heavy (non-hydrogen) atoms. The average Bonchev–Trinajstić information content (AvgIpc) is 2.56. The Bertz CT molecular complexity index is 870. The Balaban J connectivity index is 1.86. The highest BCUT2D eigenvalue weighted by Gasteiger charge is 2.33. The van der Waals surface area contributed by atoms with Crippen molar-refractivity contribution in [2.24, 2.45) is 5.92 Å². The van der Waals surface area contributed by atoms with Crippen LogP contribution >= 0.6 is 22.6 Å². The maximum atomic E-state index is 14.4. The van der Waals surface area contributed by atoms with Crippen molar-refractivity contribution in [2.75, 3.05) is 39.0 Å². The third-order valence-corrected chi connectivity index (χ3v) is 5.05.